The summed E-state index contributed by atoms with van der Waals surface area (Å²) in [7, 11) is 0. The molecule has 0 saturated carbocycles. The number of non-ortho nitro benzene ring substituents is 1. The average molecular weight is 389 g/mol. The standard InChI is InChI=1S/C17H19N5O6/c1-11-13(3-2-4-16(11)22(27)28)20-17(24)10-19-15-9-12(21(25)26)5-6-14(15)18-7-8-23/h2-6,9,18-19,23H,7-8,10H2,1H3,(H,20,24). The molecule has 0 aromatic heterocycles. The molecule has 0 heterocycles. The number of carbonyl (C=O) groups excluding carboxylic acids is 1. The van der Waals surface area contributed by atoms with Gasteiger partial charge in [0.1, 0.15) is 0 Å². The Morgan fingerprint density at radius 3 is 2.43 bits per heavy atom. The summed E-state index contributed by atoms with van der Waals surface area (Å²) in [5, 5.41) is 39.1. The molecule has 0 fully saturated rings. The van der Waals surface area contributed by atoms with Crippen LogP contribution in [0.5, 0.6) is 0 Å². The van der Waals surface area contributed by atoms with E-state index >= 15 is 0 Å². The van der Waals surface area contributed by atoms with Gasteiger partial charge in [0, 0.05) is 24.7 Å². The molecule has 4 N–H and O–H groups in total. The normalized spacial score (nSPS) is 10.2. The zero-order valence-corrected chi connectivity index (χ0v) is 15.0. The molecule has 0 spiro atoms. The molecule has 0 bridgehead atoms. The second-order valence-electron chi connectivity index (χ2n) is 5.75. The second kappa shape index (κ2) is 9.28. The topological polar surface area (TPSA) is 160 Å². The van der Waals surface area contributed by atoms with Gasteiger partial charge in [0.05, 0.1) is 45.6 Å². The monoisotopic (exact) mass is 389 g/mol. The fraction of sp³-hybridized carbons (Fsp3) is 0.235. The van der Waals surface area contributed by atoms with E-state index in [1.54, 1.807) is 6.07 Å². The smallest absolute Gasteiger partial charge is 0.274 e. The molecular formula is C17H19N5O6. The number of nitrogens with zero attached hydrogens (tertiary/aromatic N) is 2. The molecule has 1 amide bonds. The molecular weight excluding hydrogens is 370 g/mol. The van der Waals surface area contributed by atoms with E-state index < -0.39 is 15.8 Å². The minimum absolute atomic E-state index is 0.111. The Hall–Kier alpha value is -3.73. The summed E-state index contributed by atoms with van der Waals surface area (Å²) in [5.41, 5.74) is 1.15. The number of rotatable bonds is 9. The van der Waals surface area contributed by atoms with E-state index in [1.807, 2.05) is 0 Å². The van der Waals surface area contributed by atoms with Gasteiger partial charge in [-0.1, -0.05) is 6.07 Å². The van der Waals surface area contributed by atoms with Crippen molar-refractivity contribution in [3.8, 4) is 0 Å². The predicted octanol–water partition coefficient (Wildman–Crippen LogP) is 2.27. The SMILES string of the molecule is Cc1c(NC(=O)CNc2cc([N+](=O)[O-])ccc2NCCO)cccc1[N+](=O)[O-]. The van der Waals surface area contributed by atoms with E-state index in [1.165, 1.54) is 37.3 Å². The Labute approximate surface area is 159 Å². The van der Waals surface area contributed by atoms with Crippen LogP contribution in [0.3, 0.4) is 0 Å². The molecule has 28 heavy (non-hydrogen) atoms. The number of aliphatic hydroxyl groups excluding tert-OH is 1. The van der Waals surface area contributed by atoms with Crippen LogP contribution in [0.2, 0.25) is 0 Å². The summed E-state index contributed by atoms with van der Waals surface area (Å²) < 4.78 is 0. The molecule has 11 nitrogen and oxygen atoms in total. The van der Waals surface area contributed by atoms with Crippen molar-refractivity contribution in [2.24, 2.45) is 0 Å². The lowest BCUT2D eigenvalue weighted by molar-refractivity contribution is -0.385. The number of nitro groups is 2. The van der Waals surface area contributed by atoms with Crippen LogP contribution in [0, 0.1) is 27.2 Å². The van der Waals surface area contributed by atoms with E-state index in [4.69, 9.17) is 5.11 Å². The number of benzene rings is 2. The number of aliphatic hydroxyl groups is 1. The third kappa shape index (κ3) is 5.14. The van der Waals surface area contributed by atoms with Gasteiger partial charge in [-0.05, 0) is 19.1 Å². The van der Waals surface area contributed by atoms with Gasteiger partial charge in [-0.3, -0.25) is 25.0 Å². The number of carbonyl (C=O) groups is 1. The maximum Gasteiger partial charge on any atom is 0.274 e. The summed E-state index contributed by atoms with van der Waals surface area (Å²) in [4.78, 5) is 33.1. The minimum Gasteiger partial charge on any atom is -0.395 e. The lowest BCUT2D eigenvalue weighted by Crippen LogP contribution is -2.23. The molecule has 11 heteroatoms. The average Bonchev–Trinajstić information content (AvgIpc) is 2.66. The first kappa shape index (κ1) is 20.6. The lowest BCUT2D eigenvalue weighted by Gasteiger charge is -2.14. The highest BCUT2D eigenvalue weighted by Crippen LogP contribution is 2.27. The van der Waals surface area contributed by atoms with Gasteiger partial charge in [-0.25, -0.2) is 0 Å². The van der Waals surface area contributed by atoms with E-state index in [0.717, 1.165) is 0 Å². The third-order valence-electron chi connectivity index (χ3n) is 3.86. The van der Waals surface area contributed by atoms with Crippen molar-refractivity contribution in [2.45, 2.75) is 6.92 Å². The summed E-state index contributed by atoms with van der Waals surface area (Å²) in [6.45, 7) is 1.39. The molecule has 0 aliphatic rings. The van der Waals surface area contributed by atoms with Gasteiger partial charge < -0.3 is 21.1 Å². The van der Waals surface area contributed by atoms with Crippen LogP contribution in [0.1, 0.15) is 5.56 Å². The molecule has 0 aliphatic heterocycles. The van der Waals surface area contributed by atoms with E-state index in [-0.39, 0.29) is 31.1 Å². The van der Waals surface area contributed by atoms with E-state index in [9.17, 15) is 25.0 Å². The molecule has 0 atom stereocenters. The Bertz CT molecular complexity index is 902. The zero-order chi connectivity index (χ0) is 20.7. The van der Waals surface area contributed by atoms with Crippen molar-refractivity contribution >= 4 is 34.3 Å². The highest BCUT2D eigenvalue weighted by atomic mass is 16.6. The second-order valence-corrected chi connectivity index (χ2v) is 5.75. The third-order valence-corrected chi connectivity index (χ3v) is 3.86. The van der Waals surface area contributed by atoms with Gasteiger partial charge in [-0.15, -0.1) is 0 Å². The van der Waals surface area contributed by atoms with Crippen molar-refractivity contribution in [1.82, 2.24) is 0 Å². The maximum atomic E-state index is 12.2. The largest absolute Gasteiger partial charge is 0.395 e. The highest BCUT2D eigenvalue weighted by molar-refractivity contribution is 5.95. The first-order valence-electron chi connectivity index (χ1n) is 8.24. The maximum absolute atomic E-state index is 12.2. The van der Waals surface area contributed by atoms with Gasteiger partial charge in [0.15, 0.2) is 0 Å². The molecule has 2 rings (SSSR count). The molecule has 0 aliphatic carbocycles. The van der Waals surface area contributed by atoms with Crippen LogP contribution < -0.4 is 16.0 Å². The molecule has 0 saturated heterocycles. The Balaban J connectivity index is 2.11. The van der Waals surface area contributed by atoms with Crippen LogP contribution in [0.25, 0.3) is 0 Å². The van der Waals surface area contributed by atoms with Gasteiger partial charge >= 0.3 is 0 Å². The van der Waals surface area contributed by atoms with Crippen LogP contribution in [-0.4, -0.2) is 40.6 Å². The lowest BCUT2D eigenvalue weighted by atomic mass is 10.1. The molecule has 148 valence electrons. The zero-order valence-electron chi connectivity index (χ0n) is 15.0. The predicted molar refractivity (Wildman–Crippen MR) is 104 cm³/mol. The fourth-order valence-electron chi connectivity index (χ4n) is 2.46. The molecule has 0 radical (unpaired) electrons. The van der Waals surface area contributed by atoms with E-state index in [2.05, 4.69) is 16.0 Å². The van der Waals surface area contributed by atoms with Crippen molar-refractivity contribution in [3.63, 3.8) is 0 Å². The van der Waals surface area contributed by atoms with Crippen molar-refractivity contribution in [1.29, 1.82) is 0 Å². The summed E-state index contributed by atoms with van der Waals surface area (Å²) >= 11 is 0. The number of anilines is 3. The quantitative estimate of drug-likeness (QED) is 0.375. The van der Waals surface area contributed by atoms with E-state index in [0.29, 0.717) is 22.6 Å². The van der Waals surface area contributed by atoms with Gasteiger partial charge in [0.25, 0.3) is 11.4 Å². The number of amides is 1. The highest BCUT2D eigenvalue weighted by Gasteiger charge is 2.16. The van der Waals surface area contributed by atoms with Crippen molar-refractivity contribution < 1.29 is 19.7 Å². The van der Waals surface area contributed by atoms with Crippen molar-refractivity contribution in [2.75, 3.05) is 35.6 Å². The molecule has 2 aromatic carbocycles. The van der Waals surface area contributed by atoms with Crippen molar-refractivity contribution in [3.05, 3.63) is 62.2 Å². The summed E-state index contributed by atoms with van der Waals surface area (Å²) in [6, 6.07) is 8.39. The van der Waals surface area contributed by atoms with Crippen LogP contribution >= 0.6 is 0 Å². The number of nitro benzene ring substituents is 2. The number of hydrogen-bond donors (Lipinski definition) is 4. The summed E-state index contributed by atoms with van der Waals surface area (Å²) in [6.07, 6.45) is 0. The minimum atomic E-state index is -0.562. The molecule has 2 aromatic rings. The van der Waals surface area contributed by atoms with Gasteiger partial charge in [0.2, 0.25) is 5.91 Å². The fourth-order valence-corrected chi connectivity index (χ4v) is 2.46. The first-order valence-corrected chi connectivity index (χ1v) is 8.24. The number of hydrogen-bond acceptors (Lipinski definition) is 8. The van der Waals surface area contributed by atoms with Crippen LogP contribution in [0.4, 0.5) is 28.4 Å². The van der Waals surface area contributed by atoms with Crippen LogP contribution in [0.15, 0.2) is 36.4 Å². The van der Waals surface area contributed by atoms with Gasteiger partial charge in [-0.2, -0.15) is 0 Å². The number of nitrogens with one attached hydrogen (secondary N) is 3. The first-order chi connectivity index (χ1) is 13.3. The Morgan fingerprint density at radius 2 is 1.79 bits per heavy atom. The van der Waals surface area contributed by atoms with Crippen LogP contribution in [-0.2, 0) is 4.79 Å². The summed E-state index contributed by atoms with van der Waals surface area (Å²) in [5.74, 6) is -0.483. The molecule has 0 unspecified atom stereocenters. The Kier molecular flexibility index (Phi) is 6.82. The Morgan fingerprint density at radius 1 is 1.04 bits per heavy atom.